The van der Waals surface area contributed by atoms with Crippen LogP contribution in [0.2, 0.25) is 0 Å². The van der Waals surface area contributed by atoms with E-state index in [1.54, 1.807) is 11.3 Å². The Hall–Kier alpha value is -1.27. The third-order valence-corrected chi connectivity index (χ3v) is 4.37. The summed E-state index contributed by atoms with van der Waals surface area (Å²) in [5.41, 5.74) is 1.87. The quantitative estimate of drug-likeness (QED) is 0.931. The summed E-state index contributed by atoms with van der Waals surface area (Å²) in [6, 6.07) is 0.224. The first-order valence-electron chi connectivity index (χ1n) is 6.87. The van der Waals surface area contributed by atoms with E-state index in [-0.39, 0.29) is 6.04 Å². The normalized spacial score (nSPS) is 16.9. The minimum absolute atomic E-state index is 0.224. The molecule has 0 aliphatic carbocycles. The molecular weight excluding hydrogens is 258 g/mol. The molecule has 0 bridgehead atoms. The molecule has 1 aliphatic rings. The maximum Gasteiger partial charge on any atom is 0.149 e. The first-order chi connectivity index (χ1) is 9.34. The smallest absolute Gasteiger partial charge is 0.149 e. The molecule has 1 N–H and O–H groups in total. The van der Waals surface area contributed by atoms with Crippen molar-refractivity contribution in [1.82, 2.24) is 25.1 Å². The highest BCUT2D eigenvalue weighted by Gasteiger charge is 2.18. The number of thiazole rings is 1. The fourth-order valence-electron chi connectivity index (χ4n) is 2.50. The molecule has 5 nitrogen and oxygen atoms in total. The molecule has 6 heteroatoms. The van der Waals surface area contributed by atoms with Gasteiger partial charge in [0.05, 0.1) is 11.6 Å². The fourth-order valence-corrected chi connectivity index (χ4v) is 3.05. The number of aromatic nitrogens is 4. The van der Waals surface area contributed by atoms with E-state index < -0.39 is 0 Å². The number of rotatable bonds is 4. The predicted octanol–water partition coefficient (Wildman–Crippen LogP) is 2.31. The molecule has 3 heterocycles. The van der Waals surface area contributed by atoms with Gasteiger partial charge >= 0.3 is 0 Å². The monoisotopic (exact) mass is 277 g/mol. The van der Waals surface area contributed by atoms with Crippen LogP contribution < -0.4 is 5.32 Å². The van der Waals surface area contributed by atoms with Gasteiger partial charge in [-0.25, -0.2) is 0 Å². The number of fused-ring (bicyclic) bond motifs is 1. The van der Waals surface area contributed by atoms with Gasteiger partial charge in [-0.05, 0) is 19.8 Å². The van der Waals surface area contributed by atoms with Crippen LogP contribution in [0.15, 0.2) is 11.7 Å². The van der Waals surface area contributed by atoms with Gasteiger partial charge in [-0.2, -0.15) is 0 Å². The summed E-state index contributed by atoms with van der Waals surface area (Å²) in [6.07, 6.45) is 6.75. The van der Waals surface area contributed by atoms with E-state index in [4.69, 9.17) is 0 Å². The van der Waals surface area contributed by atoms with Gasteiger partial charge in [0.15, 0.2) is 0 Å². The molecule has 1 unspecified atom stereocenters. The Balaban J connectivity index is 1.69. The molecule has 0 fully saturated rings. The van der Waals surface area contributed by atoms with E-state index in [1.165, 1.54) is 24.1 Å². The summed E-state index contributed by atoms with van der Waals surface area (Å²) in [5, 5.41) is 12.2. The average Bonchev–Trinajstić information content (AvgIpc) is 3.02. The van der Waals surface area contributed by atoms with E-state index in [0.29, 0.717) is 0 Å². The van der Waals surface area contributed by atoms with Gasteiger partial charge in [0, 0.05) is 30.6 Å². The number of nitrogens with zero attached hydrogens (tertiary/aromatic N) is 4. The lowest BCUT2D eigenvalue weighted by atomic mass is 10.2. The summed E-state index contributed by atoms with van der Waals surface area (Å²) >= 11 is 1.68. The van der Waals surface area contributed by atoms with E-state index in [2.05, 4.69) is 32.0 Å². The molecule has 0 amide bonds. The molecule has 102 valence electrons. The van der Waals surface area contributed by atoms with Crippen molar-refractivity contribution >= 4 is 11.3 Å². The van der Waals surface area contributed by atoms with Crippen LogP contribution in [-0.4, -0.2) is 19.7 Å². The second-order valence-electron chi connectivity index (χ2n) is 5.01. The van der Waals surface area contributed by atoms with Crippen LogP contribution in [0.1, 0.15) is 48.8 Å². The highest BCUT2D eigenvalue weighted by Crippen LogP contribution is 2.19. The van der Waals surface area contributed by atoms with Gasteiger partial charge in [0.2, 0.25) is 0 Å². The summed E-state index contributed by atoms with van der Waals surface area (Å²) in [5.74, 6) is 2.22. The lowest BCUT2D eigenvalue weighted by Crippen LogP contribution is -2.22. The van der Waals surface area contributed by atoms with Gasteiger partial charge in [-0.3, -0.25) is 4.98 Å². The maximum atomic E-state index is 4.38. The topological polar surface area (TPSA) is 55.6 Å². The van der Waals surface area contributed by atoms with Crippen LogP contribution in [0.3, 0.4) is 0 Å². The van der Waals surface area contributed by atoms with E-state index in [9.17, 15) is 0 Å². The van der Waals surface area contributed by atoms with Crippen molar-refractivity contribution in [3.63, 3.8) is 0 Å². The Morgan fingerprint density at radius 3 is 3.16 bits per heavy atom. The van der Waals surface area contributed by atoms with Gasteiger partial charge in [-0.15, -0.1) is 21.5 Å². The molecule has 1 atom stereocenters. The molecule has 0 saturated heterocycles. The summed E-state index contributed by atoms with van der Waals surface area (Å²) < 4.78 is 2.30. The molecular formula is C13H19N5S. The van der Waals surface area contributed by atoms with Crippen molar-refractivity contribution in [2.75, 3.05) is 0 Å². The second-order valence-corrected chi connectivity index (χ2v) is 5.98. The third kappa shape index (κ3) is 2.84. The SMILES string of the molecule is CC(NCc1cncs1)c1nnc2n1CCCCC2. The molecule has 0 radical (unpaired) electrons. The molecule has 2 aromatic heterocycles. The number of hydrogen-bond acceptors (Lipinski definition) is 5. The molecule has 0 spiro atoms. The Bertz CT molecular complexity index is 519. The molecule has 0 aromatic carbocycles. The van der Waals surface area contributed by atoms with E-state index in [1.807, 2.05) is 11.7 Å². The van der Waals surface area contributed by atoms with Crippen LogP contribution in [-0.2, 0) is 19.5 Å². The lowest BCUT2D eigenvalue weighted by molar-refractivity contribution is 0.504. The Morgan fingerprint density at radius 2 is 2.32 bits per heavy atom. The van der Waals surface area contributed by atoms with Crippen LogP contribution in [0.4, 0.5) is 0 Å². The molecule has 19 heavy (non-hydrogen) atoms. The van der Waals surface area contributed by atoms with Gasteiger partial charge in [0.25, 0.3) is 0 Å². The van der Waals surface area contributed by atoms with Crippen LogP contribution >= 0.6 is 11.3 Å². The summed E-state index contributed by atoms with van der Waals surface area (Å²) in [7, 11) is 0. The average molecular weight is 277 g/mol. The first-order valence-corrected chi connectivity index (χ1v) is 7.75. The third-order valence-electron chi connectivity index (χ3n) is 3.59. The molecule has 1 aliphatic heterocycles. The fraction of sp³-hybridized carbons (Fsp3) is 0.615. The summed E-state index contributed by atoms with van der Waals surface area (Å²) in [6.45, 7) is 4.06. The van der Waals surface area contributed by atoms with Crippen LogP contribution in [0.25, 0.3) is 0 Å². The van der Waals surface area contributed by atoms with E-state index in [0.717, 1.165) is 31.2 Å². The maximum absolute atomic E-state index is 4.38. The van der Waals surface area contributed by atoms with Crippen molar-refractivity contribution in [1.29, 1.82) is 0 Å². The molecule has 3 rings (SSSR count). The molecule has 2 aromatic rings. The van der Waals surface area contributed by atoms with Crippen LogP contribution in [0, 0.1) is 0 Å². The summed E-state index contributed by atoms with van der Waals surface area (Å²) in [4.78, 5) is 5.34. The zero-order valence-corrected chi connectivity index (χ0v) is 12.0. The van der Waals surface area contributed by atoms with Gasteiger partial charge < -0.3 is 9.88 Å². The largest absolute Gasteiger partial charge is 0.314 e. The minimum atomic E-state index is 0.224. The van der Waals surface area contributed by atoms with Gasteiger partial charge in [-0.1, -0.05) is 6.42 Å². The minimum Gasteiger partial charge on any atom is -0.314 e. The van der Waals surface area contributed by atoms with Crippen molar-refractivity contribution in [2.45, 2.75) is 51.7 Å². The van der Waals surface area contributed by atoms with E-state index >= 15 is 0 Å². The number of hydrogen-bond donors (Lipinski definition) is 1. The van der Waals surface area contributed by atoms with Crippen LogP contribution in [0.5, 0.6) is 0 Å². The Morgan fingerprint density at radius 1 is 1.37 bits per heavy atom. The van der Waals surface area contributed by atoms with Gasteiger partial charge in [0.1, 0.15) is 11.6 Å². The second kappa shape index (κ2) is 5.79. The lowest BCUT2D eigenvalue weighted by Gasteiger charge is -2.14. The predicted molar refractivity (Wildman–Crippen MR) is 74.9 cm³/mol. The van der Waals surface area contributed by atoms with Crippen molar-refractivity contribution in [3.8, 4) is 0 Å². The Labute approximate surface area is 117 Å². The number of nitrogens with one attached hydrogen (secondary N) is 1. The standard InChI is InChI=1S/C13H19N5S/c1-10(15-8-11-7-14-9-19-11)13-17-16-12-5-3-2-4-6-18(12)13/h7,9-10,15H,2-6,8H2,1H3. The Kier molecular flexibility index (Phi) is 3.89. The van der Waals surface area contributed by atoms with Crippen molar-refractivity contribution < 1.29 is 0 Å². The zero-order chi connectivity index (χ0) is 13.1. The number of aryl methyl sites for hydroxylation is 1. The zero-order valence-electron chi connectivity index (χ0n) is 11.2. The van der Waals surface area contributed by atoms with Crippen molar-refractivity contribution in [3.05, 3.63) is 28.2 Å². The highest BCUT2D eigenvalue weighted by atomic mass is 32.1. The molecule has 0 saturated carbocycles. The van der Waals surface area contributed by atoms with Crippen molar-refractivity contribution in [2.24, 2.45) is 0 Å². The highest BCUT2D eigenvalue weighted by molar-refractivity contribution is 7.09. The first kappa shape index (κ1) is 12.7.